The minimum atomic E-state index is -2.53. The van der Waals surface area contributed by atoms with Crippen molar-refractivity contribution >= 4 is 27.0 Å². The lowest BCUT2D eigenvalue weighted by Crippen LogP contribution is -2.68. The molecule has 2 aliphatic heterocycles. The molecule has 0 aromatic heterocycles. The maximum atomic E-state index is 7.47. The largest absolute Gasteiger partial charge is 0.415 e. The van der Waals surface area contributed by atoms with Gasteiger partial charge in [-0.1, -0.05) is 102 Å². The van der Waals surface area contributed by atoms with Gasteiger partial charge >= 0.3 is 0 Å². The van der Waals surface area contributed by atoms with E-state index in [4.69, 9.17) is 8.85 Å². The van der Waals surface area contributed by atoms with Crippen molar-refractivity contribution in [2.24, 2.45) is 0 Å². The molecule has 2 heterocycles. The van der Waals surface area contributed by atoms with Gasteiger partial charge in [-0.15, -0.1) is 0 Å². The van der Waals surface area contributed by atoms with E-state index in [9.17, 15) is 0 Å². The molecular weight excluding hydrogens is 475 g/mol. The summed E-state index contributed by atoms with van der Waals surface area (Å²) in [4.78, 5) is 2.79. The Morgan fingerprint density at radius 2 is 1.36 bits per heavy atom. The fraction of sp³-hybridized carbons (Fsp3) is 0.613. The smallest absolute Gasteiger partial charge is 0.261 e. The van der Waals surface area contributed by atoms with Crippen molar-refractivity contribution in [1.82, 2.24) is 4.90 Å². The quantitative estimate of drug-likeness (QED) is 0.365. The fourth-order valence-electron chi connectivity index (χ4n) is 6.31. The molecule has 0 bridgehead atoms. The van der Waals surface area contributed by atoms with Gasteiger partial charge in [0.1, 0.15) is 0 Å². The summed E-state index contributed by atoms with van der Waals surface area (Å²) < 4.78 is 14.2. The molecule has 0 aliphatic carbocycles. The summed E-state index contributed by atoms with van der Waals surface area (Å²) in [5.74, 6) is 0. The molecule has 0 unspecified atom stereocenters. The van der Waals surface area contributed by atoms with Gasteiger partial charge in [0.15, 0.2) is 8.32 Å². The standard InChI is InChI=1S/C31H49NO2Si2/c1-29(2,3)35(7,8)33-24-26-20-22-31(21-15-23-32(26)31)25-34-36(30(4,5)6,27-16-11-9-12-17-27)28-18-13-10-14-19-28/h9-14,16-19,26H,15,20-25H2,1-8H3/t26-,31-/m1/s1. The van der Waals surface area contributed by atoms with E-state index in [0.717, 1.165) is 13.2 Å². The van der Waals surface area contributed by atoms with Crippen LogP contribution < -0.4 is 10.4 Å². The number of nitrogens with zero attached hydrogens (tertiary/aromatic N) is 1. The molecule has 0 saturated carbocycles. The van der Waals surface area contributed by atoms with Gasteiger partial charge in [-0.2, -0.15) is 0 Å². The van der Waals surface area contributed by atoms with Gasteiger partial charge in [0, 0.05) is 18.2 Å². The normalized spacial score (nSPS) is 23.7. The van der Waals surface area contributed by atoms with Crippen LogP contribution in [0.5, 0.6) is 0 Å². The fourth-order valence-corrected chi connectivity index (χ4v) is 12.0. The van der Waals surface area contributed by atoms with Gasteiger partial charge in [0.25, 0.3) is 8.32 Å². The minimum absolute atomic E-state index is 0.0131. The molecule has 0 radical (unpaired) electrons. The van der Waals surface area contributed by atoms with Crippen molar-refractivity contribution in [1.29, 1.82) is 0 Å². The van der Waals surface area contributed by atoms with E-state index in [1.165, 1.54) is 42.6 Å². The average molecular weight is 524 g/mol. The van der Waals surface area contributed by atoms with E-state index < -0.39 is 16.6 Å². The topological polar surface area (TPSA) is 21.7 Å². The zero-order chi connectivity index (χ0) is 26.2. The highest BCUT2D eigenvalue weighted by Gasteiger charge is 2.55. The second-order valence-electron chi connectivity index (χ2n) is 13.7. The third-order valence-corrected chi connectivity index (χ3v) is 18.9. The van der Waals surface area contributed by atoms with Crippen LogP contribution in [0.3, 0.4) is 0 Å². The first-order chi connectivity index (χ1) is 16.8. The van der Waals surface area contributed by atoms with Crippen LogP contribution in [0.2, 0.25) is 23.2 Å². The third kappa shape index (κ3) is 5.06. The van der Waals surface area contributed by atoms with Crippen molar-refractivity contribution in [3.8, 4) is 0 Å². The lowest BCUT2D eigenvalue weighted by molar-refractivity contribution is 0.0661. The summed E-state index contributed by atoms with van der Waals surface area (Å²) in [5.41, 5.74) is 0.147. The van der Waals surface area contributed by atoms with Crippen LogP contribution in [0.4, 0.5) is 0 Å². The van der Waals surface area contributed by atoms with Crippen LogP contribution >= 0.6 is 0 Å². The molecule has 0 spiro atoms. The molecule has 36 heavy (non-hydrogen) atoms. The van der Waals surface area contributed by atoms with Gasteiger partial charge in [-0.3, -0.25) is 4.90 Å². The summed E-state index contributed by atoms with van der Waals surface area (Å²) in [5, 5.41) is 3.01. The number of hydrogen-bond acceptors (Lipinski definition) is 3. The minimum Gasteiger partial charge on any atom is -0.415 e. The molecule has 2 aliphatic rings. The lowest BCUT2D eigenvalue weighted by atomic mass is 9.95. The van der Waals surface area contributed by atoms with Crippen LogP contribution in [0, 0.1) is 0 Å². The van der Waals surface area contributed by atoms with E-state index in [-0.39, 0.29) is 15.6 Å². The third-order valence-electron chi connectivity index (χ3n) is 9.45. The Balaban J connectivity index is 1.61. The molecule has 5 heteroatoms. The Bertz CT molecular complexity index is 957. The molecular formula is C31H49NO2Si2. The van der Waals surface area contributed by atoms with Crippen LogP contribution in [0.15, 0.2) is 60.7 Å². The molecule has 2 aromatic carbocycles. The van der Waals surface area contributed by atoms with Gasteiger partial charge in [-0.25, -0.2) is 0 Å². The summed E-state index contributed by atoms with van der Waals surface area (Å²) in [7, 11) is -4.28. The van der Waals surface area contributed by atoms with E-state index in [1.54, 1.807) is 0 Å². The van der Waals surface area contributed by atoms with Gasteiger partial charge < -0.3 is 8.85 Å². The Morgan fingerprint density at radius 3 is 1.86 bits per heavy atom. The Hall–Kier alpha value is -1.25. The number of rotatable bonds is 8. The molecule has 0 N–H and O–H groups in total. The predicted molar refractivity (Wildman–Crippen MR) is 158 cm³/mol. The molecule has 0 amide bonds. The lowest BCUT2D eigenvalue weighted by Gasteiger charge is -2.46. The van der Waals surface area contributed by atoms with Crippen molar-refractivity contribution in [3.63, 3.8) is 0 Å². The summed E-state index contributed by atoms with van der Waals surface area (Å²) in [6.45, 7) is 21.8. The molecule has 2 fully saturated rings. The maximum absolute atomic E-state index is 7.47. The predicted octanol–water partition coefficient (Wildman–Crippen LogP) is 6.58. The second-order valence-corrected chi connectivity index (χ2v) is 22.9. The van der Waals surface area contributed by atoms with Crippen LogP contribution in [0.25, 0.3) is 0 Å². The molecule has 3 nitrogen and oxygen atoms in total. The first-order valence-corrected chi connectivity index (χ1v) is 18.8. The van der Waals surface area contributed by atoms with Gasteiger partial charge in [-0.05, 0) is 65.8 Å². The van der Waals surface area contributed by atoms with Crippen molar-refractivity contribution < 1.29 is 8.85 Å². The van der Waals surface area contributed by atoms with Crippen LogP contribution in [0.1, 0.15) is 67.2 Å². The van der Waals surface area contributed by atoms with E-state index >= 15 is 0 Å². The zero-order valence-electron chi connectivity index (χ0n) is 24.1. The monoisotopic (exact) mass is 523 g/mol. The summed E-state index contributed by atoms with van der Waals surface area (Å²) in [6.07, 6.45) is 4.94. The molecule has 4 rings (SSSR count). The Morgan fingerprint density at radius 1 is 0.806 bits per heavy atom. The second kappa shape index (κ2) is 10.1. The van der Waals surface area contributed by atoms with E-state index in [2.05, 4.69) is 120 Å². The summed E-state index contributed by atoms with van der Waals surface area (Å²) >= 11 is 0. The first-order valence-electron chi connectivity index (χ1n) is 14.0. The highest BCUT2D eigenvalue weighted by Crippen LogP contribution is 2.46. The maximum Gasteiger partial charge on any atom is 0.261 e. The van der Waals surface area contributed by atoms with Crippen LogP contribution in [-0.2, 0) is 8.85 Å². The SMILES string of the molecule is CC(C)(C)[Si](C)(C)OC[C@H]1CC[C@@]2(CO[Si](c3ccccc3)(c3ccccc3)C(C)(C)C)CCCN12. The highest BCUT2D eigenvalue weighted by molar-refractivity contribution is 6.99. The first kappa shape index (κ1) is 27.8. The molecule has 2 atom stereocenters. The Labute approximate surface area is 222 Å². The zero-order valence-corrected chi connectivity index (χ0v) is 26.1. The van der Waals surface area contributed by atoms with Crippen molar-refractivity contribution in [2.45, 2.75) is 102 Å². The number of hydrogen-bond donors (Lipinski definition) is 0. The van der Waals surface area contributed by atoms with Crippen molar-refractivity contribution in [3.05, 3.63) is 60.7 Å². The van der Waals surface area contributed by atoms with Gasteiger partial charge in [0.2, 0.25) is 0 Å². The number of benzene rings is 2. The summed E-state index contributed by atoms with van der Waals surface area (Å²) in [6, 6.07) is 22.7. The van der Waals surface area contributed by atoms with Gasteiger partial charge in [0.05, 0.1) is 6.61 Å². The van der Waals surface area contributed by atoms with E-state index in [1.807, 2.05) is 0 Å². The highest BCUT2D eigenvalue weighted by atomic mass is 28.4. The average Bonchev–Trinajstić information content (AvgIpc) is 3.37. The molecule has 198 valence electrons. The Kier molecular flexibility index (Phi) is 7.83. The van der Waals surface area contributed by atoms with Crippen LogP contribution in [-0.4, -0.2) is 52.9 Å². The van der Waals surface area contributed by atoms with Crippen molar-refractivity contribution in [2.75, 3.05) is 19.8 Å². The van der Waals surface area contributed by atoms with E-state index in [0.29, 0.717) is 6.04 Å². The molecule has 2 saturated heterocycles. The molecule has 2 aromatic rings. The number of fused-ring (bicyclic) bond motifs is 1.